The molecule has 0 bridgehead atoms. The number of alkyl halides is 1. The van der Waals surface area contributed by atoms with Gasteiger partial charge in [-0.3, -0.25) is 9.59 Å². The van der Waals surface area contributed by atoms with Gasteiger partial charge >= 0.3 is 11.9 Å². The highest BCUT2D eigenvalue weighted by molar-refractivity contribution is 9.09. The Balaban J connectivity index is 4.36. The molecular formula is C16H29BrO4. The molecule has 0 saturated heterocycles. The number of aliphatic carboxylic acids is 2. The van der Waals surface area contributed by atoms with Crippen molar-refractivity contribution < 1.29 is 19.8 Å². The zero-order valence-electron chi connectivity index (χ0n) is 13.1. The van der Waals surface area contributed by atoms with E-state index in [1.165, 1.54) is 12.8 Å². The maximum atomic E-state index is 11.5. The minimum absolute atomic E-state index is 0.236. The van der Waals surface area contributed by atoms with Crippen molar-refractivity contribution >= 4 is 27.9 Å². The Labute approximate surface area is 136 Å². The van der Waals surface area contributed by atoms with Gasteiger partial charge in [0.25, 0.3) is 0 Å². The topological polar surface area (TPSA) is 74.6 Å². The quantitative estimate of drug-likeness (QED) is 0.262. The number of carboxylic acids is 2. The zero-order valence-corrected chi connectivity index (χ0v) is 14.7. The van der Waals surface area contributed by atoms with Gasteiger partial charge in [-0.15, -0.1) is 0 Å². The summed E-state index contributed by atoms with van der Waals surface area (Å²) in [7, 11) is 0. The standard InChI is InChI=1S/C16H29BrO4/c1-2-3-4-5-6-8-11-16(14(18)19,15(20)21)12-9-7-10-13-17/h2-13H2,1H3,(H,18,19)(H,20,21). The van der Waals surface area contributed by atoms with E-state index in [2.05, 4.69) is 22.9 Å². The summed E-state index contributed by atoms with van der Waals surface area (Å²) in [5.74, 6) is -2.36. The molecule has 2 N–H and O–H groups in total. The van der Waals surface area contributed by atoms with E-state index in [-0.39, 0.29) is 12.8 Å². The number of hydrogen-bond donors (Lipinski definition) is 2. The SMILES string of the molecule is CCCCCCCCC(CCCCCBr)(C(=O)O)C(=O)O. The molecule has 5 heteroatoms. The Morgan fingerprint density at radius 1 is 0.810 bits per heavy atom. The van der Waals surface area contributed by atoms with Gasteiger partial charge in [-0.2, -0.15) is 0 Å². The molecule has 0 heterocycles. The summed E-state index contributed by atoms with van der Waals surface area (Å²) in [6.07, 6.45) is 9.12. The molecule has 124 valence electrons. The molecule has 0 fully saturated rings. The van der Waals surface area contributed by atoms with Crippen LogP contribution in [0.2, 0.25) is 0 Å². The first-order chi connectivity index (χ1) is 10.0. The average Bonchev–Trinajstić information content (AvgIpc) is 2.44. The monoisotopic (exact) mass is 364 g/mol. The van der Waals surface area contributed by atoms with E-state index in [4.69, 9.17) is 0 Å². The molecule has 0 rings (SSSR count). The van der Waals surface area contributed by atoms with Crippen LogP contribution in [0.5, 0.6) is 0 Å². The van der Waals surface area contributed by atoms with E-state index in [1.807, 2.05) is 0 Å². The molecule has 0 aromatic heterocycles. The Bertz CT molecular complexity index is 291. The molecule has 0 aromatic carbocycles. The Morgan fingerprint density at radius 2 is 1.24 bits per heavy atom. The maximum absolute atomic E-state index is 11.5. The average molecular weight is 365 g/mol. The second-order valence-corrected chi connectivity index (χ2v) is 6.50. The summed E-state index contributed by atoms with van der Waals surface area (Å²) in [5.41, 5.74) is -1.59. The fourth-order valence-electron chi connectivity index (χ4n) is 2.55. The summed E-state index contributed by atoms with van der Waals surface area (Å²) in [5, 5.41) is 19.7. The number of halogens is 1. The molecular weight excluding hydrogens is 336 g/mol. The predicted octanol–water partition coefficient (Wildman–Crippen LogP) is 4.85. The molecule has 21 heavy (non-hydrogen) atoms. The van der Waals surface area contributed by atoms with Gasteiger partial charge < -0.3 is 10.2 Å². The third-order valence-electron chi connectivity index (χ3n) is 4.01. The first kappa shape index (κ1) is 20.4. The predicted molar refractivity (Wildman–Crippen MR) is 88.0 cm³/mol. The smallest absolute Gasteiger partial charge is 0.321 e. The second-order valence-electron chi connectivity index (χ2n) is 5.71. The highest BCUT2D eigenvalue weighted by Crippen LogP contribution is 2.33. The summed E-state index contributed by atoms with van der Waals surface area (Å²) < 4.78 is 0. The highest BCUT2D eigenvalue weighted by atomic mass is 79.9. The maximum Gasteiger partial charge on any atom is 0.321 e. The van der Waals surface area contributed by atoms with Crippen molar-refractivity contribution in [2.75, 3.05) is 5.33 Å². The van der Waals surface area contributed by atoms with Crippen LogP contribution in [0.1, 0.15) is 77.6 Å². The van der Waals surface area contributed by atoms with E-state index in [1.54, 1.807) is 0 Å². The zero-order chi connectivity index (χ0) is 16.1. The third kappa shape index (κ3) is 7.84. The van der Waals surface area contributed by atoms with Crippen LogP contribution in [0, 0.1) is 5.41 Å². The van der Waals surface area contributed by atoms with Crippen LogP contribution in [-0.2, 0) is 9.59 Å². The van der Waals surface area contributed by atoms with Gasteiger partial charge in [-0.25, -0.2) is 0 Å². The van der Waals surface area contributed by atoms with Crippen molar-refractivity contribution in [3.63, 3.8) is 0 Å². The van der Waals surface area contributed by atoms with Crippen LogP contribution >= 0.6 is 15.9 Å². The fraction of sp³-hybridized carbons (Fsp3) is 0.875. The van der Waals surface area contributed by atoms with Crippen LogP contribution in [-0.4, -0.2) is 27.5 Å². The lowest BCUT2D eigenvalue weighted by atomic mass is 9.78. The van der Waals surface area contributed by atoms with E-state index in [0.717, 1.165) is 37.4 Å². The van der Waals surface area contributed by atoms with Gasteiger partial charge in [-0.1, -0.05) is 74.2 Å². The lowest BCUT2D eigenvalue weighted by molar-refractivity contribution is -0.166. The molecule has 4 nitrogen and oxygen atoms in total. The number of carbonyl (C=O) groups is 2. The van der Waals surface area contributed by atoms with Gasteiger partial charge in [0.15, 0.2) is 5.41 Å². The van der Waals surface area contributed by atoms with Gasteiger partial charge in [0, 0.05) is 5.33 Å². The Hall–Kier alpha value is -0.580. The normalized spacial score (nSPS) is 11.5. The van der Waals surface area contributed by atoms with E-state index < -0.39 is 17.4 Å². The van der Waals surface area contributed by atoms with Gasteiger partial charge in [-0.05, 0) is 19.3 Å². The van der Waals surface area contributed by atoms with Gasteiger partial charge in [0.2, 0.25) is 0 Å². The van der Waals surface area contributed by atoms with E-state index in [0.29, 0.717) is 12.8 Å². The third-order valence-corrected chi connectivity index (χ3v) is 4.57. The van der Waals surface area contributed by atoms with Crippen molar-refractivity contribution in [2.45, 2.75) is 77.6 Å². The second kappa shape index (κ2) is 12.0. The van der Waals surface area contributed by atoms with Crippen LogP contribution in [0.4, 0.5) is 0 Å². The Morgan fingerprint density at radius 3 is 1.67 bits per heavy atom. The van der Waals surface area contributed by atoms with Gasteiger partial charge in [0.05, 0.1) is 0 Å². The fourth-order valence-corrected chi connectivity index (χ4v) is 2.95. The molecule has 0 unspecified atom stereocenters. The number of rotatable bonds is 14. The summed E-state index contributed by atoms with van der Waals surface area (Å²) in [4.78, 5) is 23.0. The minimum Gasteiger partial charge on any atom is -0.480 e. The number of unbranched alkanes of at least 4 members (excludes halogenated alkanes) is 7. The molecule has 0 aliphatic rings. The number of hydrogen-bond acceptors (Lipinski definition) is 2. The molecule has 0 aliphatic carbocycles. The lowest BCUT2D eigenvalue weighted by Crippen LogP contribution is -2.39. The lowest BCUT2D eigenvalue weighted by Gasteiger charge is -2.24. The van der Waals surface area contributed by atoms with Crippen molar-refractivity contribution in [1.82, 2.24) is 0 Å². The molecule has 0 aliphatic heterocycles. The van der Waals surface area contributed by atoms with E-state index >= 15 is 0 Å². The van der Waals surface area contributed by atoms with Crippen LogP contribution in [0.15, 0.2) is 0 Å². The molecule has 0 spiro atoms. The molecule has 0 aromatic rings. The molecule has 0 amide bonds. The summed E-state index contributed by atoms with van der Waals surface area (Å²) in [6.45, 7) is 2.15. The van der Waals surface area contributed by atoms with Crippen LogP contribution in [0.25, 0.3) is 0 Å². The molecule has 0 radical (unpaired) electrons. The molecule has 0 saturated carbocycles. The largest absolute Gasteiger partial charge is 0.480 e. The van der Waals surface area contributed by atoms with Crippen LogP contribution < -0.4 is 0 Å². The summed E-state index contributed by atoms with van der Waals surface area (Å²) >= 11 is 3.33. The first-order valence-corrected chi connectivity index (χ1v) is 9.16. The van der Waals surface area contributed by atoms with Crippen LogP contribution in [0.3, 0.4) is 0 Å². The highest BCUT2D eigenvalue weighted by Gasteiger charge is 2.45. The van der Waals surface area contributed by atoms with Crippen molar-refractivity contribution in [1.29, 1.82) is 0 Å². The number of carboxylic acid groups (broad SMARTS) is 2. The summed E-state index contributed by atoms with van der Waals surface area (Å²) in [6, 6.07) is 0. The van der Waals surface area contributed by atoms with Gasteiger partial charge in [0.1, 0.15) is 0 Å². The first-order valence-electron chi connectivity index (χ1n) is 8.04. The van der Waals surface area contributed by atoms with E-state index in [9.17, 15) is 19.8 Å². The van der Waals surface area contributed by atoms with Crippen molar-refractivity contribution in [3.8, 4) is 0 Å². The minimum atomic E-state index is -1.59. The van der Waals surface area contributed by atoms with Crippen molar-refractivity contribution in [2.24, 2.45) is 5.41 Å². The molecule has 0 atom stereocenters. The van der Waals surface area contributed by atoms with Crippen molar-refractivity contribution in [3.05, 3.63) is 0 Å². The Kier molecular flexibility index (Phi) is 11.7.